The zero-order valence-corrected chi connectivity index (χ0v) is 29.4. The van der Waals surface area contributed by atoms with Crippen LogP contribution < -0.4 is 4.74 Å². The van der Waals surface area contributed by atoms with E-state index in [2.05, 4.69) is 5.10 Å². The molecule has 2 aromatic carbocycles. The lowest BCUT2D eigenvalue weighted by molar-refractivity contribution is -0.148. The van der Waals surface area contributed by atoms with Gasteiger partial charge in [0.2, 0.25) is 5.88 Å². The number of aromatic nitrogens is 3. The molecule has 1 saturated carbocycles. The van der Waals surface area contributed by atoms with Gasteiger partial charge in [0.15, 0.2) is 0 Å². The molecule has 0 aliphatic heterocycles. The van der Waals surface area contributed by atoms with Gasteiger partial charge < -0.3 is 14.6 Å². The number of rotatable bonds is 15. The third-order valence-corrected chi connectivity index (χ3v) is 9.38. The summed E-state index contributed by atoms with van der Waals surface area (Å²) in [5.41, 5.74) is 2.67. The van der Waals surface area contributed by atoms with E-state index in [0.717, 1.165) is 26.9 Å². The molecular formula is C35H43FN3O9P. The third-order valence-electron chi connectivity index (χ3n) is 7.95. The number of nitrogens with zero attached hydrogens (tertiary/aromatic N) is 3. The van der Waals surface area contributed by atoms with Crippen LogP contribution in [0.2, 0.25) is 0 Å². The van der Waals surface area contributed by atoms with Crippen LogP contribution in [-0.4, -0.2) is 64.5 Å². The number of phosphoric ester groups is 1. The van der Waals surface area contributed by atoms with Gasteiger partial charge in [0.05, 0.1) is 43.1 Å². The Morgan fingerprint density at radius 3 is 2.20 bits per heavy atom. The maximum absolute atomic E-state index is 13.9. The molecular weight excluding hydrogens is 656 g/mol. The minimum atomic E-state index is -3.87. The summed E-state index contributed by atoms with van der Waals surface area (Å²) in [4.78, 5) is 29.6. The standard InChI is InChI=1S/C35H43FN3O9P/c1-20(2)18-46-49(43,47-19-21(3)4)45-12-11-44-35(42)39-30-16-29-28(15-25(30)17-37-39)31(23-7-9-26(36)10-8-23)32(22(5)6)38-33(29)48-27-13-24(14-27)34(40)41/h7-10,15-17,20-22,24,27H,11-14,18-19H2,1-6H3,(H,40,41)/t24-,27-. The van der Waals surface area contributed by atoms with Crippen molar-refractivity contribution in [1.29, 1.82) is 0 Å². The number of phosphoric acid groups is 1. The SMILES string of the molecule is CC(C)COP(=O)(OCCOC(=O)n1ncc2cc3c(-c4ccc(F)cc4)c(C(C)C)nc(O[C@H]4C[C@H](C(=O)O)C4)c3cc21)OCC(C)C. The minimum absolute atomic E-state index is 0.0440. The van der Waals surface area contributed by atoms with E-state index < -0.39 is 25.8 Å². The molecule has 0 radical (unpaired) electrons. The quantitative estimate of drug-likeness (QED) is 0.0945. The molecule has 0 spiro atoms. The average Bonchev–Trinajstić information content (AvgIpc) is 3.44. The molecule has 14 heteroatoms. The molecule has 0 amide bonds. The zero-order valence-electron chi connectivity index (χ0n) is 28.6. The number of halogens is 1. The smallest absolute Gasteiger partial charge is 0.474 e. The van der Waals surface area contributed by atoms with Gasteiger partial charge in [0, 0.05) is 16.3 Å². The van der Waals surface area contributed by atoms with E-state index in [1.807, 2.05) is 47.6 Å². The molecule has 264 valence electrons. The Balaban J connectivity index is 1.45. The third kappa shape index (κ3) is 8.64. The highest BCUT2D eigenvalue weighted by Gasteiger charge is 2.37. The zero-order chi connectivity index (χ0) is 35.5. The van der Waals surface area contributed by atoms with Crippen LogP contribution in [0.1, 0.15) is 66.0 Å². The monoisotopic (exact) mass is 699 g/mol. The Labute approximate surface area is 284 Å². The van der Waals surface area contributed by atoms with Crippen molar-refractivity contribution in [3.05, 3.63) is 54.1 Å². The lowest BCUT2D eigenvalue weighted by atomic mass is 9.82. The first-order chi connectivity index (χ1) is 23.2. The number of fused-ring (bicyclic) bond motifs is 2. The second kappa shape index (κ2) is 15.3. The summed E-state index contributed by atoms with van der Waals surface area (Å²) in [6.07, 6.45) is 1.09. The van der Waals surface area contributed by atoms with Crippen molar-refractivity contribution in [2.45, 2.75) is 66.4 Å². The van der Waals surface area contributed by atoms with Gasteiger partial charge in [-0.1, -0.05) is 53.7 Å². The van der Waals surface area contributed by atoms with Crippen molar-refractivity contribution in [2.24, 2.45) is 17.8 Å². The highest BCUT2D eigenvalue weighted by atomic mass is 31.2. The number of carbonyl (C=O) groups is 2. The molecule has 2 aromatic heterocycles. The van der Waals surface area contributed by atoms with Gasteiger partial charge in [-0.05, 0) is 65.8 Å². The van der Waals surface area contributed by atoms with Gasteiger partial charge in [-0.2, -0.15) is 9.78 Å². The Hall–Kier alpha value is -3.90. The van der Waals surface area contributed by atoms with Crippen molar-refractivity contribution in [2.75, 3.05) is 26.4 Å². The number of pyridine rings is 1. The van der Waals surface area contributed by atoms with Crippen LogP contribution in [0.4, 0.5) is 9.18 Å². The summed E-state index contributed by atoms with van der Waals surface area (Å²) < 4.78 is 56.2. The second-order valence-electron chi connectivity index (χ2n) is 13.4. The summed E-state index contributed by atoms with van der Waals surface area (Å²) in [6.45, 7) is 11.5. The molecule has 49 heavy (non-hydrogen) atoms. The van der Waals surface area contributed by atoms with E-state index in [1.54, 1.807) is 18.2 Å². The molecule has 12 nitrogen and oxygen atoms in total. The van der Waals surface area contributed by atoms with Gasteiger partial charge in [0.25, 0.3) is 0 Å². The molecule has 1 aliphatic carbocycles. The van der Waals surface area contributed by atoms with E-state index in [9.17, 15) is 23.7 Å². The number of aliphatic carboxylic acids is 1. The molecule has 0 saturated heterocycles. The summed E-state index contributed by atoms with van der Waals surface area (Å²) in [5, 5.41) is 15.6. The number of benzene rings is 2. The molecule has 1 fully saturated rings. The van der Waals surface area contributed by atoms with Crippen LogP contribution in [0.25, 0.3) is 32.8 Å². The van der Waals surface area contributed by atoms with Gasteiger partial charge in [-0.15, -0.1) is 0 Å². The first kappa shape index (κ1) is 36.4. The highest BCUT2D eigenvalue weighted by molar-refractivity contribution is 7.48. The van der Waals surface area contributed by atoms with E-state index in [4.69, 9.17) is 28.0 Å². The van der Waals surface area contributed by atoms with Crippen LogP contribution in [-0.2, 0) is 27.7 Å². The van der Waals surface area contributed by atoms with Crippen molar-refractivity contribution >= 4 is 41.6 Å². The summed E-state index contributed by atoms with van der Waals surface area (Å²) in [5.74, 6) is -1.26. The topological polar surface area (TPSA) is 148 Å². The fraction of sp³-hybridized carbons (Fsp3) is 0.486. The van der Waals surface area contributed by atoms with Gasteiger partial charge in [-0.25, -0.2) is 18.7 Å². The number of ether oxygens (including phenoxy) is 2. The maximum atomic E-state index is 13.9. The van der Waals surface area contributed by atoms with Gasteiger partial charge in [-0.3, -0.25) is 18.4 Å². The van der Waals surface area contributed by atoms with Crippen LogP contribution in [0.3, 0.4) is 0 Å². The minimum Gasteiger partial charge on any atom is -0.481 e. The lowest BCUT2D eigenvalue weighted by Gasteiger charge is -2.32. The molecule has 2 heterocycles. The summed E-state index contributed by atoms with van der Waals surface area (Å²) in [7, 11) is -3.87. The van der Waals surface area contributed by atoms with Gasteiger partial charge in [0.1, 0.15) is 18.5 Å². The van der Waals surface area contributed by atoms with Crippen LogP contribution >= 0.6 is 7.82 Å². The molecule has 0 unspecified atom stereocenters. The first-order valence-corrected chi connectivity index (χ1v) is 17.9. The van der Waals surface area contributed by atoms with Crippen molar-refractivity contribution in [3.63, 3.8) is 0 Å². The Morgan fingerprint density at radius 2 is 1.61 bits per heavy atom. The molecule has 5 rings (SSSR count). The molecule has 4 aromatic rings. The molecule has 1 N–H and O–H groups in total. The fourth-order valence-electron chi connectivity index (χ4n) is 5.35. The largest absolute Gasteiger partial charge is 0.481 e. The molecule has 0 atom stereocenters. The average molecular weight is 700 g/mol. The van der Waals surface area contributed by atoms with E-state index in [-0.39, 0.29) is 56.1 Å². The number of carboxylic acid groups (broad SMARTS) is 1. The van der Waals surface area contributed by atoms with Crippen molar-refractivity contribution in [3.8, 4) is 17.0 Å². The number of carboxylic acids is 1. The predicted molar refractivity (Wildman–Crippen MR) is 181 cm³/mol. The first-order valence-electron chi connectivity index (χ1n) is 16.5. The van der Waals surface area contributed by atoms with E-state index >= 15 is 0 Å². The van der Waals surface area contributed by atoms with Crippen LogP contribution in [0.15, 0.2) is 42.6 Å². The Morgan fingerprint density at radius 1 is 0.959 bits per heavy atom. The fourth-order valence-corrected chi connectivity index (χ4v) is 6.83. The number of hydrogen-bond acceptors (Lipinski definition) is 10. The lowest BCUT2D eigenvalue weighted by Crippen LogP contribution is -2.38. The van der Waals surface area contributed by atoms with Crippen molar-refractivity contribution in [1.82, 2.24) is 14.8 Å². The predicted octanol–water partition coefficient (Wildman–Crippen LogP) is 8.21. The molecule has 0 bridgehead atoms. The number of carbonyl (C=O) groups excluding carboxylic acids is 1. The van der Waals surface area contributed by atoms with E-state index in [1.165, 1.54) is 18.3 Å². The van der Waals surface area contributed by atoms with Crippen LogP contribution in [0.5, 0.6) is 5.88 Å². The summed E-state index contributed by atoms with van der Waals surface area (Å²) in [6, 6.07) is 9.76. The van der Waals surface area contributed by atoms with Crippen LogP contribution in [0, 0.1) is 23.6 Å². The number of hydrogen-bond donors (Lipinski definition) is 1. The Kier molecular flexibility index (Phi) is 11.4. The van der Waals surface area contributed by atoms with Crippen molar-refractivity contribution < 1.29 is 46.7 Å². The normalized spacial score (nSPS) is 16.5. The molecule has 1 aliphatic rings. The summed E-state index contributed by atoms with van der Waals surface area (Å²) >= 11 is 0. The van der Waals surface area contributed by atoms with E-state index in [0.29, 0.717) is 35.0 Å². The highest BCUT2D eigenvalue weighted by Crippen LogP contribution is 2.50. The second-order valence-corrected chi connectivity index (χ2v) is 15.0. The van der Waals surface area contributed by atoms with Gasteiger partial charge >= 0.3 is 19.9 Å². The Bertz CT molecular complexity index is 1840. The maximum Gasteiger partial charge on any atom is 0.474 e.